The van der Waals surface area contributed by atoms with Crippen molar-refractivity contribution in [3.05, 3.63) is 33.9 Å². The van der Waals surface area contributed by atoms with Crippen LogP contribution in [0.4, 0.5) is 0 Å². The summed E-state index contributed by atoms with van der Waals surface area (Å²) < 4.78 is 2.73. The van der Waals surface area contributed by atoms with Gasteiger partial charge in [-0.15, -0.1) is 0 Å². The fraction of sp³-hybridized carbons (Fsp3) is 0.300. The first-order valence-electron chi connectivity index (χ1n) is 5.02. The molecule has 0 aromatic carbocycles. The molecule has 6 heteroatoms. The largest absolute Gasteiger partial charge is 0.313 e. The third-order valence-corrected chi connectivity index (χ3v) is 2.58. The molecule has 0 aliphatic carbocycles. The van der Waals surface area contributed by atoms with Crippen molar-refractivity contribution in [2.45, 2.75) is 13.5 Å². The van der Waals surface area contributed by atoms with Crippen LogP contribution in [0, 0.1) is 3.57 Å². The standard InChI is InChI=1S/C10H12IN5/c1-2-12-3-8-4-13-10(14-5-8)16-7-9(11)6-15-16/h4-7,12H,2-3H2,1H3. The Morgan fingerprint density at radius 1 is 1.31 bits per heavy atom. The van der Waals surface area contributed by atoms with Gasteiger partial charge in [0.25, 0.3) is 0 Å². The zero-order chi connectivity index (χ0) is 11.4. The molecule has 0 unspecified atom stereocenters. The highest BCUT2D eigenvalue weighted by Gasteiger charge is 2.01. The van der Waals surface area contributed by atoms with Gasteiger partial charge in [0.2, 0.25) is 5.95 Å². The van der Waals surface area contributed by atoms with Crippen LogP contribution in [0.5, 0.6) is 0 Å². The van der Waals surface area contributed by atoms with Gasteiger partial charge < -0.3 is 5.32 Å². The van der Waals surface area contributed by atoms with E-state index in [0.29, 0.717) is 5.95 Å². The van der Waals surface area contributed by atoms with Gasteiger partial charge in [-0.05, 0) is 29.1 Å². The van der Waals surface area contributed by atoms with Gasteiger partial charge in [-0.2, -0.15) is 5.10 Å². The number of hydrogen-bond donors (Lipinski definition) is 1. The predicted octanol–water partition coefficient (Wildman–Crippen LogP) is 1.38. The molecule has 0 saturated carbocycles. The highest BCUT2D eigenvalue weighted by atomic mass is 127. The van der Waals surface area contributed by atoms with Gasteiger partial charge in [0, 0.05) is 30.7 Å². The van der Waals surface area contributed by atoms with Crippen molar-refractivity contribution < 1.29 is 0 Å². The smallest absolute Gasteiger partial charge is 0.250 e. The lowest BCUT2D eigenvalue weighted by Gasteiger charge is -2.02. The minimum absolute atomic E-state index is 0.600. The fourth-order valence-electron chi connectivity index (χ4n) is 1.24. The summed E-state index contributed by atoms with van der Waals surface area (Å²) in [5, 5.41) is 7.37. The Labute approximate surface area is 107 Å². The zero-order valence-electron chi connectivity index (χ0n) is 8.89. The van der Waals surface area contributed by atoms with Crippen LogP contribution in [0.25, 0.3) is 5.95 Å². The van der Waals surface area contributed by atoms with Gasteiger partial charge in [-0.25, -0.2) is 14.6 Å². The second-order valence-electron chi connectivity index (χ2n) is 3.27. The van der Waals surface area contributed by atoms with Crippen molar-refractivity contribution in [1.29, 1.82) is 0 Å². The van der Waals surface area contributed by atoms with Crippen LogP contribution in [0.1, 0.15) is 12.5 Å². The third-order valence-electron chi connectivity index (χ3n) is 2.03. The lowest BCUT2D eigenvalue weighted by Crippen LogP contribution is -2.12. The highest BCUT2D eigenvalue weighted by molar-refractivity contribution is 14.1. The highest BCUT2D eigenvalue weighted by Crippen LogP contribution is 2.05. The van der Waals surface area contributed by atoms with Gasteiger partial charge in [0.05, 0.1) is 9.77 Å². The Hall–Kier alpha value is -1.02. The summed E-state index contributed by atoms with van der Waals surface area (Å²) >= 11 is 2.20. The number of hydrogen-bond acceptors (Lipinski definition) is 4. The van der Waals surface area contributed by atoms with E-state index in [9.17, 15) is 0 Å². The van der Waals surface area contributed by atoms with E-state index in [4.69, 9.17) is 0 Å². The van der Waals surface area contributed by atoms with Crippen LogP contribution in [-0.4, -0.2) is 26.3 Å². The molecule has 0 atom stereocenters. The van der Waals surface area contributed by atoms with Gasteiger partial charge >= 0.3 is 0 Å². The SMILES string of the molecule is CCNCc1cnc(-n2cc(I)cn2)nc1. The molecular formula is C10H12IN5. The van der Waals surface area contributed by atoms with Crippen molar-refractivity contribution in [3.63, 3.8) is 0 Å². The van der Waals surface area contributed by atoms with Crippen LogP contribution in [0.15, 0.2) is 24.8 Å². The number of nitrogens with zero attached hydrogens (tertiary/aromatic N) is 4. The first-order valence-corrected chi connectivity index (χ1v) is 6.09. The van der Waals surface area contributed by atoms with E-state index in [2.05, 4.69) is 49.9 Å². The molecule has 0 aliphatic rings. The van der Waals surface area contributed by atoms with Crippen molar-refractivity contribution in [2.24, 2.45) is 0 Å². The number of halogens is 1. The molecule has 0 saturated heterocycles. The zero-order valence-corrected chi connectivity index (χ0v) is 11.0. The van der Waals surface area contributed by atoms with E-state index >= 15 is 0 Å². The molecule has 16 heavy (non-hydrogen) atoms. The Bertz CT molecular complexity index is 450. The average molecular weight is 329 g/mol. The van der Waals surface area contributed by atoms with Crippen LogP contribution in [0.3, 0.4) is 0 Å². The van der Waals surface area contributed by atoms with Gasteiger partial charge in [0.1, 0.15) is 0 Å². The van der Waals surface area contributed by atoms with Crippen molar-refractivity contribution in [2.75, 3.05) is 6.54 Å². The summed E-state index contributed by atoms with van der Waals surface area (Å²) in [6, 6.07) is 0. The molecule has 2 rings (SSSR count). The summed E-state index contributed by atoms with van der Waals surface area (Å²) in [5.41, 5.74) is 1.08. The molecule has 0 aliphatic heterocycles. The van der Waals surface area contributed by atoms with E-state index in [0.717, 1.165) is 22.2 Å². The monoisotopic (exact) mass is 329 g/mol. The van der Waals surface area contributed by atoms with E-state index in [-0.39, 0.29) is 0 Å². The topological polar surface area (TPSA) is 55.6 Å². The van der Waals surface area contributed by atoms with Gasteiger partial charge in [-0.3, -0.25) is 0 Å². The van der Waals surface area contributed by atoms with Crippen LogP contribution < -0.4 is 5.32 Å². The maximum Gasteiger partial charge on any atom is 0.250 e. The second kappa shape index (κ2) is 5.35. The van der Waals surface area contributed by atoms with Gasteiger partial charge in [0.15, 0.2) is 0 Å². The van der Waals surface area contributed by atoms with Crippen molar-refractivity contribution in [1.82, 2.24) is 25.1 Å². The number of aromatic nitrogens is 4. The third kappa shape index (κ3) is 2.76. The minimum Gasteiger partial charge on any atom is -0.313 e. The molecule has 0 bridgehead atoms. The maximum atomic E-state index is 4.26. The first kappa shape index (κ1) is 11.5. The van der Waals surface area contributed by atoms with E-state index in [1.165, 1.54) is 0 Å². The lowest BCUT2D eigenvalue weighted by atomic mass is 10.3. The Kier molecular flexibility index (Phi) is 3.83. The van der Waals surface area contributed by atoms with Crippen molar-refractivity contribution >= 4 is 22.6 Å². The molecule has 0 radical (unpaired) electrons. The van der Waals surface area contributed by atoms with Gasteiger partial charge in [-0.1, -0.05) is 6.92 Å². The van der Waals surface area contributed by atoms with Crippen LogP contribution in [0.2, 0.25) is 0 Å². The molecule has 0 spiro atoms. The Balaban J connectivity index is 2.13. The second-order valence-corrected chi connectivity index (χ2v) is 4.52. The lowest BCUT2D eigenvalue weighted by molar-refractivity contribution is 0.715. The quantitative estimate of drug-likeness (QED) is 0.861. The number of nitrogens with one attached hydrogen (secondary N) is 1. The summed E-state index contributed by atoms with van der Waals surface area (Å²) in [5.74, 6) is 0.600. The molecule has 84 valence electrons. The maximum absolute atomic E-state index is 4.26. The summed E-state index contributed by atoms with van der Waals surface area (Å²) in [6.07, 6.45) is 7.30. The Morgan fingerprint density at radius 3 is 2.62 bits per heavy atom. The predicted molar refractivity (Wildman–Crippen MR) is 69.3 cm³/mol. The average Bonchev–Trinajstić information content (AvgIpc) is 2.74. The Morgan fingerprint density at radius 2 is 2.06 bits per heavy atom. The van der Waals surface area contributed by atoms with E-state index in [1.54, 1.807) is 10.9 Å². The molecule has 5 nitrogen and oxygen atoms in total. The van der Waals surface area contributed by atoms with Crippen LogP contribution >= 0.6 is 22.6 Å². The molecular weight excluding hydrogens is 317 g/mol. The molecule has 2 heterocycles. The molecule has 0 fully saturated rings. The normalized spacial score (nSPS) is 10.6. The molecule has 1 N–H and O–H groups in total. The molecule has 0 amide bonds. The number of rotatable bonds is 4. The summed E-state index contributed by atoms with van der Waals surface area (Å²) in [6.45, 7) is 3.81. The first-order chi connectivity index (χ1) is 7.79. The fourth-order valence-corrected chi connectivity index (χ4v) is 1.63. The molecule has 2 aromatic heterocycles. The van der Waals surface area contributed by atoms with E-state index < -0.39 is 0 Å². The van der Waals surface area contributed by atoms with E-state index in [1.807, 2.05) is 18.6 Å². The van der Waals surface area contributed by atoms with Crippen molar-refractivity contribution in [3.8, 4) is 5.95 Å². The molecule has 2 aromatic rings. The van der Waals surface area contributed by atoms with Crippen LogP contribution in [-0.2, 0) is 6.54 Å². The minimum atomic E-state index is 0.600. The summed E-state index contributed by atoms with van der Waals surface area (Å²) in [4.78, 5) is 8.52. The summed E-state index contributed by atoms with van der Waals surface area (Å²) in [7, 11) is 0.